The molecule has 2 unspecified atom stereocenters. The molecule has 2 heteroatoms. The normalized spacial score (nSPS) is 30.1. The van der Waals surface area contributed by atoms with Crippen LogP contribution in [-0.2, 0) is 9.53 Å². The van der Waals surface area contributed by atoms with E-state index >= 15 is 0 Å². The Balaban J connectivity index is 1.26. The van der Waals surface area contributed by atoms with Gasteiger partial charge >= 0.3 is 5.97 Å². The van der Waals surface area contributed by atoms with Gasteiger partial charge in [-0.15, -0.1) is 0 Å². The number of rotatable bonds is 19. The molecule has 3 aliphatic rings. The van der Waals surface area contributed by atoms with Crippen molar-refractivity contribution in [1.82, 2.24) is 0 Å². The van der Waals surface area contributed by atoms with Gasteiger partial charge in [-0.25, -0.2) is 0 Å². The molecule has 2 nitrogen and oxygen atoms in total. The number of carbonyl (C=O) groups excluding carboxylic acids is 1. The van der Waals surface area contributed by atoms with Gasteiger partial charge in [0, 0.05) is 0 Å². The first-order valence-corrected chi connectivity index (χ1v) is 18.2. The lowest BCUT2D eigenvalue weighted by Gasteiger charge is -2.58. The van der Waals surface area contributed by atoms with Crippen molar-refractivity contribution in [2.45, 2.75) is 182 Å². The second-order valence-electron chi connectivity index (χ2n) is 15.1. The lowest BCUT2D eigenvalue weighted by molar-refractivity contribution is -0.170. The summed E-state index contributed by atoms with van der Waals surface area (Å²) >= 11 is 0. The Labute approximate surface area is 250 Å². The standard InChI is InChI=1S/C38H68O2/c1-6-7-8-9-10-11-12-13-14-15-16-17-18-19-20-21-29-40-36(39)38(5)28-22-27-37(4)34-25-23-32(31(2)3)30-33(34)24-26-35(37)38/h24,31-32,34-35H,6-23,25-30H2,1-5H3/t32?,34-,35?,37+,38+/m0/s1. The van der Waals surface area contributed by atoms with Crippen LogP contribution in [0.25, 0.3) is 0 Å². The fraction of sp³-hybridized carbons (Fsp3) is 0.921. The molecule has 40 heavy (non-hydrogen) atoms. The van der Waals surface area contributed by atoms with Crippen LogP contribution < -0.4 is 0 Å². The summed E-state index contributed by atoms with van der Waals surface area (Å²) < 4.78 is 6.02. The van der Waals surface area contributed by atoms with Crippen LogP contribution in [-0.4, -0.2) is 12.6 Å². The van der Waals surface area contributed by atoms with Crippen molar-refractivity contribution in [2.24, 2.45) is 34.5 Å². The van der Waals surface area contributed by atoms with Gasteiger partial charge in [-0.05, 0) is 81.0 Å². The molecule has 3 rings (SSSR count). The van der Waals surface area contributed by atoms with Crippen LogP contribution in [0, 0.1) is 34.5 Å². The van der Waals surface area contributed by atoms with E-state index in [0.717, 1.165) is 31.1 Å². The maximum atomic E-state index is 13.5. The molecule has 0 bridgehead atoms. The van der Waals surface area contributed by atoms with Crippen LogP contribution in [0.3, 0.4) is 0 Å². The highest BCUT2D eigenvalue weighted by Gasteiger charge is 2.58. The Morgan fingerprint density at radius 2 is 1.38 bits per heavy atom. The second kappa shape index (κ2) is 17.4. The monoisotopic (exact) mass is 557 g/mol. The molecule has 2 fully saturated rings. The molecule has 232 valence electrons. The summed E-state index contributed by atoms with van der Waals surface area (Å²) in [6, 6.07) is 0. The van der Waals surface area contributed by atoms with Crippen molar-refractivity contribution >= 4 is 5.97 Å². The zero-order chi connectivity index (χ0) is 28.8. The van der Waals surface area contributed by atoms with Crippen LogP contribution in [0.5, 0.6) is 0 Å². The smallest absolute Gasteiger partial charge is 0.312 e. The van der Waals surface area contributed by atoms with Gasteiger partial charge < -0.3 is 4.74 Å². The highest BCUT2D eigenvalue weighted by molar-refractivity contribution is 5.77. The van der Waals surface area contributed by atoms with Crippen LogP contribution in [0.2, 0.25) is 0 Å². The summed E-state index contributed by atoms with van der Waals surface area (Å²) in [6.07, 6.45) is 33.1. The zero-order valence-corrected chi connectivity index (χ0v) is 27.7. The highest BCUT2D eigenvalue weighted by Crippen LogP contribution is 2.63. The van der Waals surface area contributed by atoms with E-state index in [0.29, 0.717) is 18.4 Å². The van der Waals surface area contributed by atoms with E-state index < -0.39 is 0 Å². The molecule has 0 N–H and O–H groups in total. The van der Waals surface area contributed by atoms with Crippen molar-refractivity contribution < 1.29 is 9.53 Å². The van der Waals surface area contributed by atoms with Gasteiger partial charge in [0.15, 0.2) is 0 Å². The second-order valence-corrected chi connectivity index (χ2v) is 15.1. The molecule has 0 aliphatic heterocycles. The van der Waals surface area contributed by atoms with Crippen molar-refractivity contribution in [2.75, 3.05) is 6.61 Å². The molecule has 0 saturated heterocycles. The predicted octanol–water partition coefficient (Wildman–Crippen LogP) is 12.0. The zero-order valence-electron chi connectivity index (χ0n) is 27.7. The Kier molecular flexibility index (Phi) is 14.6. The summed E-state index contributed by atoms with van der Waals surface area (Å²) in [5.41, 5.74) is 1.69. The number of fused-ring (bicyclic) bond motifs is 3. The first kappa shape index (κ1) is 33.7. The van der Waals surface area contributed by atoms with E-state index in [1.165, 1.54) is 128 Å². The van der Waals surface area contributed by atoms with Crippen LogP contribution >= 0.6 is 0 Å². The fourth-order valence-electron chi connectivity index (χ4n) is 9.01. The molecule has 0 heterocycles. The van der Waals surface area contributed by atoms with Crippen LogP contribution in [0.4, 0.5) is 0 Å². The molecule has 0 radical (unpaired) electrons. The van der Waals surface area contributed by atoms with Crippen molar-refractivity contribution in [1.29, 1.82) is 0 Å². The average Bonchev–Trinajstić information content (AvgIpc) is 2.94. The molecular weight excluding hydrogens is 488 g/mol. The van der Waals surface area contributed by atoms with E-state index in [-0.39, 0.29) is 16.8 Å². The maximum absolute atomic E-state index is 13.5. The minimum atomic E-state index is -0.307. The maximum Gasteiger partial charge on any atom is 0.312 e. The number of ether oxygens (including phenoxy) is 1. The Morgan fingerprint density at radius 1 is 0.825 bits per heavy atom. The molecule has 0 aromatic heterocycles. The number of carbonyl (C=O) groups is 1. The SMILES string of the molecule is CCCCCCCCCCCCCCCCCCOC(=O)[C@]1(C)CCC[C@@]2(C)C1CC=C1CC(C(C)C)CC[C@@H]12. The van der Waals surface area contributed by atoms with Gasteiger partial charge in [-0.1, -0.05) is 142 Å². The summed E-state index contributed by atoms with van der Waals surface area (Å²) in [5, 5.41) is 0. The Morgan fingerprint density at radius 3 is 1.93 bits per heavy atom. The predicted molar refractivity (Wildman–Crippen MR) is 172 cm³/mol. The molecule has 0 aromatic carbocycles. The molecule has 0 aromatic rings. The third kappa shape index (κ3) is 9.36. The topological polar surface area (TPSA) is 26.3 Å². The molecule has 0 amide bonds. The van der Waals surface area contributed by atoms with E-state index in [1.54, 1.807) is 5.57 Å². The number of hydrogen-bond acceptors (Lipinski definition) is 2. The largest absolute Gasteiger partial charge is 0.465 e. The molecule has 2 saturated carbocycles. The Bertz CT molecular complexity index is 753. The van der Waals surface area contributed by atoms with Gasteiger partial charge in [-0.2, -0.15) is 0 Å². The van der Waals surface area contributed by atoms with E-state index in [1.807, 2.05) is 0 Å². The molecule has 5 atom stereocenters. The summed E-state index contributed by atoms with van der Waals surface area (Å²) in [5.74, 6) is 2.87. The number of esters is 1. The third-order valence-corrected chi connectivity index (χ3v) is 11.8. The lowest BCUT2D eigenvalue weighted by Crippen LogP contribution is -2.54. The lowest BCUT2D eigenvalue weighted by atomic mass is 9.46. The highest BCUT2D eigenvalue weighted by atomic mass is 16.5. The van der Waals surface area contributed by atoms with Gasteiger partial charge in [0.2, 0.25) is 0 Å². The number of hydrogen-bond donors (Lipinski definition) is 0. The minimum absolute atomic E-state index is 0.108. The van der Waals surface area contributed by atoms with Gasteiger partial charge in [0.05, 0.1) is 12.0 Å². The van der Waals surface area contributed by atoms with Crippen molar-refractivity contribution in [3.63, 3.8) is 0 Å². The van der Waals surface area contributed by atoms with E-state index in [9.17, 15) is 4.79 Å². The van der Waals surface area contributed by atoms with Crippen molar-refractivity contribution in [3.8, 4) is 0 Å². The van der Waals surface area contributed by atoms with Gasteiger partial charge in [-0.3, -0.25) is 4.79 Å². The molecule has 3 aliphatic carbocycles. The first-order chi connectivity index (χ1) is 19.3. The van der Waals surface area contributed by atoms with Gasteiger partial charge in [0.25, 0.3) is 0 Å². The van der Waals surface area contributed by atoms with E-state index in [4.69, 9.17) is 4.74 Å². The molecular formula is C38H68O2. The first-order valence-electron chi connectivity index (χ1n) is 18.2. The fourth-order valence-corrected chi connectivity index (χ4v) is 9.01. The summed E-state index contributed by atoms with van der Waals surface area (Å²) in [6.45, 7) is 12.5. The number of unbranched alkanes of at least 4 members (excludes halogenated alkanes) is 15. The summed E-state index contributed by atoms with van der Waals surface area (Å²) in [7, 11) is 0. The Hall–Kier alpha value is -0.790. The van der Waals surface area contributed by atoms with Crippen LogP contribution in [0.15, 0.2) is 11.6 Å². The van der Waals surface area contributed by atoms with Crippen molar-refractivity contribution in [3.05, 3.63) is 11.6 Å². The van der Waals surface area contributed by atoms with Gasteiger partial charge in [0.1, 0.15) is 0 Å². The third-order valence-electron chi connectivity index (χ3n) is 11.8. The number of allylic oxidation sites excluding steroid dienone is 2. The summed E-state index contributed by atoms with van der Waals surface area (Å²) in [4.78, 5) is 13.5. The minimum Gasteiger partial charge on any atom is -0.465 e. The van der Waals surface area contributed by atoms with Crippen LogP contribution in [0.1, 0.15) is 182 Å². The average molecular weight is 557 g/mol. The quantitative estimate of drug-likeness (QED) is 0.0898. The molecule has 0 spiro atoms. The van der Waals surface area contributed by atoms with E-state index in [2.05, 4.69) is 40.7 Å².